The number of hydrogen-bond donors (Lipinski definition) is 3. The van der Waals surface area contributed by atoms with Crippen LogP contribution in [0.15, 0.2) is 18.2 Å². The minimum Gasteiger partial charge on any atom is -0.489 e. The SMILES string of the molecule is C[C@]1(C(N)=O)COc2c1cc([C@@](O)(CN)C1CC1)nc2-c1ccc(Cl)c(F)c1F. The van der Waals surface area contributed by atoms with Crippen molar-refractivity contribution in [2.45, 2.75) is 30.8 Å². The molecule has 2 atom stereocenters. The van der Waals surface area contributed by atoms with Crippen molar-refractivity contribution in [2.24, 2.45) is 17.4 Å². The van der Waals surface area contributed by atoms with E-state index in [1.165, 1.54) is 18.2 Å². The van der Waals surface area contributed by atoms with E-state index in [0.717, 1.165) is 12.8 Å². The molecule has 0 saturated heterocycles. The number of pyridine rings is 1. The molecule has 0 spiro atoms. The highest BCUT2D eigenvalue weighted by molar-refractivity contribution is 6.30. The molecule has 154 valence electrons. The standard InChI is InChI=1S/C20H20ClF2N3O3/c1-19(18(25)27)8-29-17-11(19)6-13(20(28,7-24)9-2-3-9)26-16(17)10-4-5-12(21)15(23)14(10)22/h4-6,9,28H,2-3,7-8,24H2,1H3,(H2,25,27)/t19-,20+/m0/s1. The monoisotopic (exact) mass is 423 g/mol. The molecule has 1 aliphatic carbocycles. The van der Waals surface area contributed by atoms with Gasteiger partial charge in [0.1, 0.15) is 29.1 Å². The van der Waals surface area contributed by atoms with Gasteiger partial charge in [0.2, 0.25) is 5.91 Å². The van der Waals surface area contributed by atoms with Gasteiger partial charge >= 0.3 is 0 Å². The first-order valence-corrected chi connectivity index (χ1v) is 9.56. The first-order valence-electron chi connectivity index (χ1n) is 9.18. The Labute approximate surface area is 170 Å². The first kappa shape index (κ1) is 20.0. The van der Waals surface area contributed by atoms with Gasteiger partial charge in [0.25, 0.3) is 0 Å². The van der Waals surface area contributed by atoms with Crippen LogP contribution in [0.4, 0.5) is 8.78 Å². The smallest absolute Gasteiger partial charge is 0.231 e. The Balaban J connectivity index is 2.02. The fourth-order valence-corrected chi connectivity index (χ4v) is 3.89. The molecule has 0 bridgehead atoms. The minimum absolute atomic E-state index is 0.0388. The molecule has 4 rings (SSSR count). The van der Waals surface area contributed by atoms with Crippen molar-refractivity contribution in [3.8, 4) is 17.0 Å². The van der Waals surface area contributed by atoms with E-state index >= 15 is 0 Å². The van der Waals surface area contributed by atoms with Crippen molar-refractivity contribution < 1.29 is 23.4 Å². The topological polar surface area (TPSA) is 111 Å². The van der Waals surface area contributed by atoms with Gasteiger partial charge in [0.05, 0.1) is 10.7 Å². The van der Waals surface area contributed by atoms with E-state index in [0.29, 0.717) is 5.56 Å². The van der Waals surface area contributed by atoms with Gasteiger partial charge in [-0.3, -0.25) is 4.79 Å². The average Bonchev–Trinajstić information content (AvgIpc) is 3.50. The van der Waals surface area contributed by atoms with E-state index < -0.39 is 28.6 Å². The Morgan fingerprint density at radius 2 is 2.10 bits per heavy atom. The van der Waals surface area contributed by atoms with Gasteiger partial charge < -0.3 is 21.3 Å². The Morgan fingerprint density at radius 1 is 1.41 bits per heavy atom. The lowest BCUT2D eigenvalue weighted by molar-refractivity contribution is -0.123. The highest BCUT2D eigenvalue weighted by Crippen LogP contribution is 2.50. The van der Waals surface area contributed by atoms with E-state index in [2.05, 4.69) is 4.98 Å². The number of aromatic nitrogens is 1. The highest BCUT2D eigenvalue weighted by atomic mass is 35.5. The number of fused-ring (bicyclic) bond motifs is 1. The molecule has 0 radical (unpaired) electrons. The lowest BCUT2D eigenvalue weighted by Crippen LogP contribution is -2.41. The summed E-state index contributed by atoms with van der Waals surface area (Å²) in [5.74, 6) is -3.07. The maximum absolute atomic E-state index is 14.7. The number of carbonyl (C=O) groups excluding carboxylic acids is 1. The van der Waals surface area contributed by atoms with Gasteiger partial charge in [-0.25, -0.2) is 13.8 Å². The maximum atomic E-state index is 14.7. The van der Waals surface area contributed by atoms with Crippen LogP contribution < -0.4 is 16.2 Å². The molecule has 0 unspecified atom stereocenters. The van der Waals surface area contributed by atoms with Crippen LogP contribution in [-0.4, -0.2) is 29.1 Å². The van der Waals surface area contributed by atoms with E-state index in [9.17, 15) is 18.7 Å². The zero-order valence-electron chi connectivity index (χ0n) is 15.6. The van der Waals surface area contributed by atoms with Crippen LogP contribution in [0, 0.1) is 17.6 Å². The molecule has 2 aliphatic rings. The van der Waals surface area contributed by atoms with Gasteiger partial charge in [-0.05, 0) is 43.9 Å². The number of nitrogens with zero attached hydrogens (tertiary/aromatic N) is 1. The van der Waals surface area contributed by atoms with Crippen molar-refractivity contribution >= 4 is 17.5 Å². The number of amides is 1. The highest BCUT2D eigenvalue weighted by Gasteiger charge is 2.49. The second kappa shape index (κ2) is 6.62. The lowest BCUT2D eigenvalue weighted by atomic mass is 9.81. The number of primary amides is 1. The molecular formula is C20H20ClF2N3O3. The van der Waals surface area contributed by atoms with Crippen molar-refractivity contribution in [1.82, 2.24) is 4.98 Å². The molecule has 29 heavy (non-hydrogen) atoms. The van der Waals surface area contributed by atoms with Gasteiger partial charge in [-0.2, -0.15) is 0 Å². The molecule has 2 heterocycles. The van der Waals surface area contributed by atoms with Crippen molar-refractivity contribution in [1.29, 1.82) is 0 Å². The summed E-state index contributed by atoms with van der Waals surface area (Å²) in [6, 6.07) is 4.01. The second-order valence-corrected chi connectivity index (χ2v) is 8.25. The van der Waals surface area contributed by atoms with E-state index in [1.807, 2.05) is 0 Å². The fraction of sp³-hybridized carbons (Fsp3) is 0.400. The third-order valence-corrected chi connectivity index (χ3v) is 6.21. The Hall–Kier alpha value is -2.29. The molecular weight excluding hydrogens is 404 g/mol. The van der Waals surface area contributed by atoms with Crippen LogP contribution in [0.1, 0.15) is 31.0 Å². The van der Waals surface area contributed by atoms with Gasteiger partial charge in [0, 0.05) is 17.7 Å². The molecule has 1 amide bonds. The fourth-order valence-electron chi connectivity index (χ4n) is 3.74. The number of aliphatic hydroxyl groups is 1. The normalized spacial score (nSPS) is 22.7. The van der Waals surface area contributed by atoms with Crippen LogP contribution >= 0.6 is 11.6 Å². The number of halogens is 3. The minimum atomic E-state index is -1.47. The van der Waals surface area contributed by atoms with E-state index in [4.69, 9.17) is 27.8 Å². The van der Waals surface area contributed by atoms with Crippen molar-refractivity contribution in [2.75, 3.05) is 13.2 Å². The number of rotatable bonds is 5. The molecule has 1 aromatic carbocycles. The molecule has 1 fully saturated rings. The van der Waals surface area contributed by atoms with E-state index in [-0.39, 0.29) is 46.8 Å². The third kappa shape index (κ3) is 2.89. The molecule has 1 saturated carbocycles. The summed E-state index contributed by atoms with van der Waals surface area (Å²) in [5, 5.41) is 10.8. The van der Waals surface area contributed by atoms with Crippen molar-refractivity contribution in [3.05, 3.63) is 46.1 Å². The second-order valence-electron chi connectivity index (χ2n) is 7.84. The third-order valence-electron chi connectivity index (χ3n) is 5.91. The molecule has 6 nitrogen and oxygen atoms in total. The summed E-state index contributed by atoms with van der Waals surface area (Å²) in [6.45, 7) is 1.39. The zero-order chi connectivity index (χ0) is 21.1. The van der Waals surface area contributed by atoms with Gasteiger partial charge in [0.15, 0.2) is 11.6 Å². The average molecular weight is 424 g/mol. The van der Waals surface area contributed by atoms with Crippen LogP contribution in [0.3, 0.4) is 0 Å². The molecule has 5 N–H and O–H groups in total. The molecule has 1 aliphatic heterocycles. The van der Waals surface area contributed by atoms with Crippen LogP contribution in [0.5, 0.6) is 5.75 Å². The zero-order valence-corrected chi connectivity index (χ0v) is 16.4. The summed E-state index contributed by atoms with van der Waals surface area (Å²) >= 11 is 5.67. The lowest BCUT2D eigenvalue weighted by Gasteiger charge is -2.28. The van der Waals surface area contributed by atoms with E-state index in [1.54, 1.807) is 6.92 Å². The Morgan fingerprint density at radius 3 is 2.69 bits per heavy atom. The quantitative estimate of drug-likeness (QED) is 0.639. The number of nitrogens with two attached hydrogens (primary N) is 2. The predicted octanol–water partition coefficient (Wildman–Crippen LogP) is 2.37. The summed E-state index contributed by atoms with van der Waals surface area (Å²) in [6.07, 6.45) is 1.52. The number of ether oxygens (including phenoxy) is 1. The number of hydrogen-bond acceptors (Lipinski definition) is 5. The van der Waals surface area contributed by atoms with Crippen molar-refractivity contribution in [3.63, 3.8) is 0 Å². The Kier molecular flexibility index (Phi) is 4.56. The summed E-state index contributed by atoms with van der Waals surface area (Å²) in [7, 11) is 0. The van der Waals surface area contributed by atoms with Gasteiger partial charge in [-0.1, -0.05) is 11.6 Å². The number of benzene rings is 1. The molecule has 2 aromatic rings. The summed E-state index contributed by atoms with van der Waals surface area (Å²) in [5.41, 5.74) is 9.05. The van der Waals surface area contributed by atoms with Crippen LogP contribution in [0.2, 0.25) is 5.02 Å². The predicted molar refractivity (Wildman–Crippen MR) is 102 cm³/mol. The van der Waals surface area contributed by atoms with Crippen LogP contribution in [0.25, 0.3) is 11.3 Å². The molecule has 9 heteroatoms. The first-order chi connectivity index (χ1) is 13.6. The van der Waals surface area contributed by atoms with Crippen LogP contribution in [-0.2, 0) is 15.8 Å². The Bertz CT molecular complexity index is 1030. The summed E-state index contributed by atoms with van der Waals surface area (Å²) in [4.78, 5) is 16.6. The summed E-state index contributed by atoms with van der Waals surface area (Å²) < 4.78 is 34.5. The van der Waals surface area contributed by atoms with Gasteiger partial charge in [-0.15, -0.1) is 0 Å². The largest absolute Gasteiger partial charge is 0.489 e. The number of carbonyl (C=O) groups is 1. The molecule has 1 aromatic heterocycles. The maximum Gasteiger partial charge on any atom is 0.231 e.